The Bertz CT molecular complexity index is 845. The lowest BCUT2D eigenvalue weighted by atomic mass is 10.2. The summed E-state index contributed by atoms with van der Waals surface area (Å²) in [4.78, 5) is 16.4. The van der Waals surface area contributed by atoms with Crippen molar-refractivity contribution in [1.82, 2.24) is 10.3 Å². The molecular formula is C17H14IN3O2. The second-order valence-electron chi connectivity index (χ2n) is 4.94. The molecule has 0 aliphatic heterocycles. The first-order valence-electron chi connectivity index (χ1n) is 6.96. The Kier molecular flexibility index (Phi) is 4.61. The number of rotatable bonds is 4. The van der Waals surface area contributed by atoms with Gasteiger partial charge < -0.3 is 15.5 Å². The van der Waals surface area contributed by atoms with Crippen molar-refractivity contribution in [1.29, 1.82) is 0 Å². The average Bonchev–Trinajstić information content (AvgIpc) is 3.03. The van der Waals surface area contributed by atoms with Gasteiger partial charge in [0.25, 0.3) is 5.91 Å². The summed E-state index contributed by atoms with van der Waals surface area (Å²) >= 11 is 2.23. The number of para-hydroxylation sites is 1. The number of carbonyl (C=O) groups is 1. The molecule has 0 bridgehead atoms. The standard InChI is InChI=1S/C17H14IN3O2/c18-12-5-3-4-11(8-12)9-20-16(22)15-10-23-17(21-15)13-6-1-2-7-14(13)19/h1-8,10H,9,19H2,(H,20,22). The van der Waals surface area contributed by atoms with E-state index >= 15 is 0 Å². The number of amides is 1. The van der Waals surface area contributed by atoms with Crippen molar-refractivity contribution in [3.8, 4) is 11.5 Å². The fourth-order valence-corrected chi connectivity index (χ4v) is 2.72. The predicted molar refractivity (Wildman–Crippen MR) is 96.7 cm³/mol. The van der Waals surface area contributed by atoms with E-state index in [4.69, 9.17) is 10.2 Å². The molecule has 23 heavy (non-hydrogen) atoms. The SMILES string of the molecule is Nc1ccccc1-c1nc(C(=O)NCc2cccc(I)c2)co1. The van der Waals surface area contributed by atoms with Crippen LogP contribution >= 0.6 is 22.6 Å². The van der Waals surface area contributed by atoms with Gasteiger partial charge in [-0.1, -0.05) is 24.3 Å². The number of anilines is 1. The normalized spacial score (nSPS) is 10.5. The van der Waals surface area contributed by atoms with Gasteiger partial charge in [-0.3, -0.25) is 4.79 Å². The van der Waals surface area contributed by atoms with E-state index in [1.165, 1.54) is 6.26 Å². The van der Waals surface area contributed by atoms with Gasteiger partial charge in [0.1, 0.15) is 6.26 Å². The zero-order valence-electron chi connectivity index (χ0n) is 12.1. The van der Waals surface area contributed by atoms with Crippen LogP contribution in [-0.2, 0) is 6.54 Å². The first-order chi connectivity index (χ1) is 11.1. The molecule has 0 atom stereocenters. The van der Waals surface area contributed by atoms with Gasteiger partial charge in [-0.05, 0) is 52.4 Å². The zero-order valence-corrected chi connectivity index (χ0v) is 14.3. The Labute approximate surface area is 147 Å². The molecule has 0 unspecified atom stereocenters. The summed E-state index contributed by atoms with van der Waals surface area (Å²) in [7, 11) is 0. The first kappa shape index (κ1) is 15.5. The second kappa shape index (κ2) is 6.82. The van der Waals surface area contributed by atoms with E-state index in [9.17, 15) is 4.79 Å². The van der Waals surface area contributed by atoms with Crippen molar-refractivity contribution < 1.29 is 9.21 Å². The van der Waals surface area contributed by atoms with E-state index in [0.29, 0.717) is 23.7 Å². The molecule has 116 valence electrons. The average molecular weight is 419 g/mol. The Morgan fingerprint density at radius 1 is 1.22 bits per heavy atom. The fraction of sp³-hybridized carbons (Fsp3) is 0.0588. The van der Waals surface area contributed by atoms with Crippen molar-refractivity contribution in [2.75, 3.05) is 5.73 Å². The lowest BCUT2D eigenvalue weighted by Crippen LogP contribution is -2.23. The summed E-state index contributed by atoms with van der Waals surface area (Å²) < 4.78 is 6.49. The van der Waals surface area contributed by atoms with E-state index in [1.54, 1.807) is 12.1 Å². The van der Waals surface area contributed by atoms with E-state index in [-0.39, 0.29) is 11.6 Å². The van der Waals surface area contributed by atoms with Crippen molar-refractivity contribution in [2.24, 2.45) is 0 Å². The molecule has 1 heterocycles. The van der Waals surface area contributed by atoms with Gasteiger partial charge in [0.05, 0.1) is 5.56 Å². The lowest BCUT2D eigenvalue weighted by Gasteiger charge is -2.03. The highest BCUT2D eigenvalue weighted by Gasteiger charge is 2.14. The van der Waals surface area contributed by atoms with Crippen LogP contribution in [0.2, 0.25) is 0 Å². The molecule has 3 aromatic rings. The molecule has 6 heteroatoms. The minimum absolute atomic E-state index is 0.230. The third-order valence-corrected chi connectivity index (χ3v) is 3.94. The van der Waals surface area contributed by atoms with Crippen molar-refractivity contribution >= 4 is 34.2 Å². The van der Waals surface area contributed by atoms with Gasteiger partial charge in [0.15, 0.2) is 5.69 Å². The van der Waals surface area contributed by atoms with Crippen molar-refractivity contribution in [3.05, 3.63) is 69.6 Å². The molecule has 5 nitrogen and oxygen atoms in total. The van der Waals surface area contributed by atoms with Gasteiger partial charge in [-0.2, -0.15) is 0 Å². The highest BCUT2D eigenvalue weighted by atomic mass is 127. The van der Waals surface area contributed by atoms with Gasteiger partial charge in [0.2, 0.25) is 5.89 Å². The Morgan fingerprint density at radius 2 is 2.04 bits per heavy atom. The minimum Gasteiger partial charge on any atom is -0.444 e. The van der Waals surface area contributed by atoms with Crippen LogP contribution < -0.4 is 11.1 Å². The molecular weight excluding hydrogens is 405 g/mol. The van der Waals surface area contributed by atoms with Crippen LogP contribution in [0.1, 0.15) is 16.1 Å². The molecule has 1 amide bonds. The molecule has 0 radical (unpaired) electrons. The number of halogens is 1. The quantitative estimate of drug-likeness (QED) is 0.502. The van der Waals surface area contributed by atoms with Crippen LogP contribution in [0.4, 0.5) is 5.69 Å². The summed E-state index contributed by atoms with van der Waals surface area (Å²) in [5.41, 5.74) is 8.37. The molecule has 0 aliphatic rings. The zero-order chi connectivity index (χ0) is 16.2. The monoisotopic (exact) mass is 419 g/mol. The van der Waals surface area contributed by atoms with Crippen LogP contribution in [0.5, 0.6) is 0 Å². The maximum atomic E-state index is 12.2. The molecule has 1 aromatic heterocycles. The van der Waals surface area contributed by atoms with Crippen LogP contribution in [0, 0.1) is 3.57 Å². The number of nitrogens with one attached hydrogen (secondary N) is 1. The first-order valence-corrected chi connectivity index (χ1v) is 8.04. The molecule has 0 saturated heterocycles. The van der Waals surface area contributed by atoms with Crippen LogP contribution in [-0.4, -0.2) is 10.9 Å². The predicted octanol–water partition coefficient (Wildman–Crippen LogP) is 3.46. The third-order valence-electron chi connectivity index (χ3n) is 3.27. The minimum atomic E-state index is -0.284. The second-order valence-corrected chi connectivity index (χ2v) is 6.18. The number of nitrogen functional groups attached to an aromatic ring is 1. The number of nitrogens with zero attached hydrogens (tertiary/aromatic N) is 1. The van der Waals surface area contributed by atoms with Crippen molar-refractivity contribution in [2.45, 2.75) is 6.54 Å². The highest BCUT2D eigenvalue weighted by Crippen LogP contribution is 2.24. The van der Waals surface area contributed by atoms with Gasteiger partial charge in [-0.15, -0.1) is 0 Å². The fourth-order valence-electron chi connectivity index (χ4n) is 2.11. The lowest BCUT2D eigenvalue weighted by molar-refractivity contribution is 0.0946. The summed E-state index contributed by atoms with van der Waals surface area (Å²) in [5.74, 6) is 0.0517. The highest BCUT2D eigenvalue weighted by molar-refractivity contribution is 14.1. The van der Waals surface area contributed by atoms with Gasteiger partial charge >= 0.3 is 0 Å². The van der Waals surface area contributed by atoms with Crippen LogP contribution in [0.3, 0.4) is 0 Å². The third kappa shape index (κ3) is 3.70. The van der Waals surface area contributed by atoms with Crippen LogP contribution in [0.15, 0.2) is 59.2 Å². The van der Waals surface area contributed by atoms with Gasteiger partial charge in [0, 0.05) is 15.8 Å². The number of aromatic nitrogens is 1. The van der Waals surface area contributed by atoms with E-state index in [1.807, 2.05) is 36.4 Å². The van der Waals surface area contributed by atoms with Gasteiger partial charge in [-0.25, -0.2) is 4.98 Å². The van der Waals surface area contributed by atoms with E-state index < -0.39 is 0 Å². The largest absolute Gasteiger partial charge is 0.444 e. The Balaban J connectivity index is 1.70. The molecule has 0 fully saturated rings. The van der Waals surface area contributed by atoms with Crippen molar-refractivity contribution in [3.63, 3.8) is 0 Å². The Morgan fingerprint density at radius 3 is 2.83 bits per heavy atom. The number of hydrogen-bond donors (Lipinski definition) is 2. The maximum Gasteiger partial charge on any atom is 0.273 e. The molecule has 0 saturated carbocycles. The summed E-state index contributed by atoms with van der Waals surface area (Å²) in [6, 6.07) is 15.2. The molecule has 0 aliphatic carbocycles. The number of hydrogen-bond acceptors (Lipinski definition) is 4. The number of nitrogens with two attached hydrogens (primary N) is 1. The Hall–Kier alpha value is -2.35. The topological polar surface area (TPSA) is 81.1 Å². The summed E-state index contributed by atoms with van der Waals surface area (Å²) in [5, 5.41) is 2.83. The molecule has 2 aromatic carbocycles. The maximum absolute atomic E-state index is 12.2. The summed E-state index contributed by atoms with van der Waals surface area (Å²) in [6.07, 6.45) is 1.34. The molecule has 3 rings (SSSR count). The number of oxazole rings is 1. The van der Waals surface area contributed by atoms with E-state index in [0.717, 1.165) is 9.13 Å². The number of benzene rings is 2. The molecule has 0 spiro atoms. The van der Waals surface area contributed by atoms with Crippen LogP contribution in [0.25, 0.3) is 11.5 Å². The van der Waals surface area contributed by atoms with E-state index in [2.05, 4.69) is 32.9 Å². The molecule has 3 N–H and O–H groups in total. The smallest absolute Gasteiger partial charge is 0.273 e. The number of carbonyl (C=O) groups excluding carboxylic acids is 1. The summed E-state index contributed by atoms with van der Waals surface area (Å²) in [6.45, 7) is 0.436.